The normalized spacial score (nSPS) is 15.5. The van der Waals surface area contributed by atoms with Crippen LogP contribution in [0, 0.1) is 0 Å². The molecule has 104 valence electrons. The second-order valence-corrected chi connectivity index (χ2v) is 6.02. The molecule has 1 aliphatic carbocycles. The van der Waals surface area contributed by atoms with Gasteiger partial charge in [0.25, 0.3) is 10.0 Å². The number of nitrogens with zero attached hydrogens (tertiary/aromatic N) is 1. The molecule has 0 aliphatic heterocycles. The number of carbonyl (C=O) groups is 1. The van der Waals surface area contributed by atoms with Gasteiger partial charge in [-0.2, -0.15) is 5.10 Å². The number of hydrogen-bond acceptors (Lipinski definition) is 4. The van der Waals surface area contributed by atoms with Gasteiger partial charge in [-0.05, 0) is 25.7 Å². The monoisotopic (exact) mass is 285 g/mol. The van der Waals surface area contributed by atoms with Crippen molar-refractivity contribution in [3.63, 3.8) is 0 Å². The summed E-state index contributed by atoms with van der Waals surface area (Å²) < 4.78 is 26.2. The van der Waals surface area contributed by atoms with Crippen molar-refractivity contribution in [1.82, 2.24) is 14.9 Å². The Morgan fingerprint density at radius 2 is 2.32 bits per heavy atom. The fraction of sp³-hybridized carbons (Fsp3) is 0.455. The second-order valence-electron chi connectivity index (χ2n) is 4.32. The summed E-state index contributed by atoms with van der Waals surface area (Å²) in [6.45, 7) is 0.256. The van der Waals surface area contributed by atoms with Crippen LogP contribution in [0.25, 0.3) is 0 Å². The SMILES string of the molecule is O=C(O)c1cn[nH]c1S(=O)(=O)NCCC1=CCCC1. The van der Waals surface area contributed by atoms with Crippen molar-refractivity contribution >= 4 is 16.0 Å². The van der Waals surface area contributed by atoms with Gasteiger partial charge in [0.05, 0.1) is 6.20 Å². The van der Waals surface area contributed by atoms with Gasteiger partial charge in [0, 0.05) is 6.54 Å². The Balaban J connectivity index is 2.01. The molecule has 0 atom stereocenters. The zero-order valence-electron chi connectivity index (χ0n) is 10.2. The summed E-state index contributed by atoms with van der Waals surface area (Å²) in [7, 11) is -3.86. The van der Waals surface area contributed by atoms with Gasteiger partial charge in [-0.3, -0.25) is 5.10 Å². The minimum absolute atomic E-state index is 0.256. The lowest BCUT2D eigenvalue weighted by molar-refractivity contribution is 0.0692. The molecule has 0 amide bonds. The molecule has 0 saturated carbocycles. The predicted molar refractivity (Wildman–Crippen MR) is 67.3 cm³/mol. The van der Waals surface area contributed by atoms with Crippen LogP contribution in [0.1, 0.15) is 36.0 Å². The van der Waals surface area contributed by atoms with E-state index in [-0.39, 0.29) is 12.1 Å². The molecule has 1 heterocycles. The maximum atomic E-state index is 11.9. The lowest BCUT2D eigenvalue weighted by Crippen LogP contribution is -2.26. The molecule has 2 rings (SSSR count). The van der Waals surface area contributed by atoms with Crippen LogP contribution >= 0.6 is 0 Å². The predicted octanol–water partition coefficient (Wildman–Crippen LogP) is 0.887. The molecule has 7 nitrogen and oxygen atoms in total. The van der Waals surface area contributed by atoms with E-state index in [4.69, 9.17) is 5.11 Å². The minimum atomic E-state index is -3.86. The van der Waals surface area contributed by atoms with Gasteiger partial charge in [0.2, 0.25) is 0 Å². The first-order valence-corrected chi connectivity index (χ1v) is 7.43. The molecular weight excluding hydrogens is 270 g/mol. The van der Waals surface area contributed by atoms with Crippen molar-refractivity contribution in [2.45, 2.75) is 30.7 Å². The van der Waals surface area contributed by atoms with E-state index in [1.807, 2.05) is 0 Å². The number of rotatable bonds is 6. The van der Waals surface area contributed by atoms with Gasteiger partial charge in [0.1, 0.15) is 5.56 Å². The van der Waals surface area contributed by atoms with Gasteiger partial charge in [-0.15, -0.1) is 0 Å². The number of nitrogens with one attached hydrogen (secondary N) is 2. The van der Waals surface area contributed by atoms with Gasteiger partial charge in [0.15, 0.2) is 5.03 Å². The average molecular weight is 285 g/mol. The number of hydrogen-bond donors (Lipinski definition) is 3. The summed E-state index contributed by atoms with van der Waals surface area (Å²) >= 11 is 0. The van der Waals surface area contributed by atoms with E-state index >= 15 is 0 Å². The molecule has 1 aromatic heterocycles. The van der Waals surface area contributed by atoms with Crippen LogP contribution in [0.2, 0.25) is 0 Å². The topological polar surface area (TPSA) is 112 Å². The zero-order valence-corrected chi connectivity index (χ0v) is 11.0. The maximum Gasteiger partial charge on any atom is 0.340 e. The first-order chi connectivity index (χ1) is 9.00. The van der Waals surface area contributed by atoms with E-state index in [9.17, 15) is 13.2 Å². The van der Waals surface area contributed by atoms with E-state index in [0.29, 0.717) is 6.42 Å². The molecule has 0 saturated heterocycles. The molecule has 0 unspecified atom stereocenters. The summed E-state index contributed by atoms with van der Waals surface area (Å²) in [5.41, 5.74) is 0.887. The van der Waals surface area contributed by atoms with Crippen LogP contribution in [-0.2, 0) is 10.0 Å². The van der Waals surface area contributed by atoms with Crippen molar-refractivity contribution in [2.75, 3.05) is 6.54 Å². The van der Waals surface area contributed by atoms with E-state index in [1.165, 1.54) is 5.57 Å². The fourth-order valence-corrected chi connectivity index (χ4v) is 3.13. The molecule has 1 aromatic rings. The number of aromatic amines is 1. The molecule has 0 aromatic carbocycles. The van der Waals surface area contributed by atoms with Crippen molar-refractivity contribution in [3.05, 3.63) is 23.4 Å². The third-order valence-electron chi connectivity index (χ3n) is 2.98. The highest BCUT2D eigenvalue weighted by molar-refractivity contribution is 7.89. The first kappa shape index (κ1) is 13.8. The van der Waals surface area contributed by atoms with E-state index in [2.05, 4.69) is 21.0 Å². The number of allylic oxidation sites excluding steroid dienone is 1. The Kier molecular flexibility index (Phi) is 4.01. The first-order valence-electron chi connectivity index (χ1n) is 5.95. The quantitative estimate of drug-likeness (QED) is 0.672. The highest BCUT2D eigenvalue weighted by atomic mass is 32.2. The number of aromatic carboxylic acids is 1. The summed E-state index contributed by atoms with van der Waals surface area (Å²) in [6, 6.07) is 0. The van der Waals surface area contributed by atoms with Crippen LogP contribution in [0.3, 0.4) is 0 Å². The molecule has 8 heteroatoms. The molecular formula is C11H15N3O4S. The third-order valence-corrected chi connectivity index (χ3v) is 4.41. The lowest BCUT2D eigenvalue weighted by atomic mass is 10.2. The van der Waals surface area contributed by atoms with Gasteiger partial charge in [-0.25, -0.2) is 17.9 Å². The van der Waals surface area contributed by atoms with Crippen LogP contribution in [0.5, 0.6) is 0 Å². The summed E-state index contributed by atoms with van der Waals surface area (Å²) in [6.07, 6.45) is 6.92. The Morgan fingerprint density at radius 3 is 2.95 bits per heavy atom. The standard InChI is InChI=1S/C11H15N3O4S/c15-11(16)9-7-12-14-10(9)19(17,18)13-6-5-8-3-1-2-4-8/h3,7,13H,1-2,4-6H2,(H,12,14)(H,15,16). The Labute approximate surface area is 110 Å². The van der Waals surface area contributed by atoms with Crippen LogP contribution in [0.4, 0.5) is 0 Å². The highest BCUT2D eigenvalue weighted by Crippen LogP contribution is 2.20. The van der Waals surface area contributed by atoms with Crippen molar-refractivity contribution in [1.29, 1.82) is 0 Å². The van der Waals surface area contributed by atoms with Crippen LogP contribution in [0.15, 0.2) is 22.9 Å². The molecule has 0 spiro atoms. The van der Waals surface area contributed by atoms with E-state index in [0.717, 1.165) is 25.5 Å². The molecule has 3 N–H and O–H groups in total. The Morgan fingerprint density at radius 1 is 1.53 bits per heavy atom. The highest BCUT2D eigenvalue weighted by Gasteiger charge is 2.24. The minimum Gasteiger partial charge on any atom is -0.478 e. The zero-order chi connectivity index (χ0) is 13.9. The second kappa shape index (κ2) is 5.54. The van der Waals surface area contributed by atoms with Gasteiger partial charge >= 0.3 is 5.97 Å². The van der Waals surface area contributed by atoms with E-state index in [1.54, 1.807) is 0 Å². The number of H-pyrrole nitrogens is 1. The largest absolute Gasteiger partial charge is 0.478 e. The third kappa shape index (κ3) is 3.21. The van der Waals surface area contributed by atoms with Crippen LogP contribution < -0.4 is 4.72 Å². The molecule has 1 aliphatic rings. The number of carboxylic acid groups (broad SMARTS) is 1. The van der Waals surface area contributed by atoms with Crippen molar-refractivity contribution < 1.29 is 18.3 Å². The fourth-order valence-electron chi connectivity index (χ4n) is 2.01. The summed E-state index contributed by atoms with van der Waals surface area (Å²) in [5, 5.41) is 14.1. The molecule has 0 bridgehead atoms. The molecule has 0 radical (unpaired) electrons. The van der Waals surface area contributed by atoms with Crippen molar-refractivity contribution in [2.24, 2.45) is 0 Å². The molecule has 19 heavy (non-hydrogen) atoms. The molecule has 0 fully saturated rings. The lowest BCUT2D eigenvalue weighted by Gasteiger charge is -2.06. The summed E-state index contributed by atoms with van der Waals surface area (Å²) in [5.74, 6) is -1.33. The Bertz CT molecular complexity index is 603. The summed E-state index contributed by atoms with van der Waals surface area (Å²) in [4.78, 5) is 10.9. The number of sulfonamides is 1. The maximum absolute atomic E-state index is 11.9. The van der Waals surface area contributed by atoms with Gasteiger partial charge < -0.3 is 5.11 Å². The smallest absolute Gasteiger partial charge is 0.340 e. The Hall–Kier alpha value is -1.67. The number of carboxylic acids is 1. The van der Waals surface area contributed by atoms with Crippen LogP contribution in [-0.4, -0.2) is 36.2 Å². The van der Waals surface area contributed by atoms with E-state index < -0.39 is 21.0 Å². The average Bonchev–Trinajstić information content (AvgIpc) is 2.99. The number of aromatic nitrogens is 2. The van der Waals surface area contributed by atoms with Crippen molar-refractivity contribution in [3.8, 4) is 0 Å². The van der Waals surface area contributed by atoms with Gasteiger partial charge in [-0.1, -0.05) is 11.6 Å².